The molecule has 0 aliphatic carbocycles. The van der Waals surface area contributed by atoms with Crippen LogP contribution in [-0.4, -0.2) is 42.9 Å². The van der Waals surface area contributed by atoms with Crippen molar-refractivity contribution in [1.29, 1.82) is 0 Å². The number of hydrogen-bond acceptors (Lipinski definition) is 9. The number of esters is 1. The molecule has 0 amide bonds. The predicted octanol–water partition coefficient (Wildman–Crippen LogP) is 11.0. The molecule has 0 unspecified atom stereocenters. The first-order chi connectivity index (χ1) is 24.2. The van der Waals surface area contributed by atoms with E-state index in [4.69, 9.17) is 78.9 Å². The summed E-state index contributed by atoms with van der Waals surface area (Å²) >= 11 is 30.9. The van der Waals surface area contributed by atoms with Crippen LogP contribution in [0.15, 0.2) is 54.6 Å². The summed E-state index contributed by atoms with van der Waals surface area (Å²) in [6, 6.07) is 16.7. The van der Waals surface area contributed by atoms with E-state index in [1.54, 1.807) is 12.1 Å². The van der Waals surface area contributed by atoms with Gasteiger partial charge in [0.2, 0.25) is 5.06 Å². The smallest absolute Gasteiger partial charge is 0.453 e. The summed E-state index contributed by atoms with van der Waals surface area (Å²) in [5, 5.41) is 1.38. The predicted molar refractivity (Wildman–Crippen MR) is 198 cm³/mol. The lowest BCUT2D eigenvalue weighted by atomic mass is 10.1. The number of carbonyl (C=O) groups excluding carboxylic acids is 1. The minimum Gasteiger partial charge on any atom is -0.489 e. The van der Waals surface area contributed by atoms with Gasteiger partial charge in [-0.05, 0) is 65.6 Å². The summed E-state index contributed by atoms with van der Waals surface area (Å²) in [7, 11) is 0. The molecular weight excluding hydrogens is 821 g/mol. The maximum Gasteiger partial charge on any atom is 0.453 e. The first kappa shape index (κ1) is 43.4. The number of nitrogens with two attached hydrogens (primary N) is 2. The molecular formula is C33H32Cl5F5N4O4S. The lowest BCUT2D eigenvalue weighted by Crippen LogP contribution is -2.39. The highest BCUT2D eigenvalue weighted by atomic mass is 35.5. The maximum absolute atomic E-state index is 12.5. The molecule has 3 aromatic carbocycles. The molecule has 0 saturated heterocycles. The van der Waals surface area contributed by atoms with Crippen LogP contribution in [0.4, 0.5) is 38.5 Å². The molecule has 0 spiro atoms. The molecule has 0 aliphatic heterocycles. The van der Waals surface area contributed by atoms with Crippen molar-refractivity contribution < 1.29 is 41.0 Å². The fourth-order valence-corrected chi connectivity index (χ4v) is 6.27. The molecule has 19 heteroatoms. The van der Waals surface area contributed by atoms with E-state index in [2.05, 4.69) is 28.5 Å². The van der Waals surface area contributed by atoms with Gasteiger partial charge in [0, 0.05) is 51.5 Å². The number of halogens is 10. The number of benzene rings is 3. The van der Waals surface area contributed by atoms with E-state index in [1.807, 2.05) is 42.5 Å². The number of ether oxygens (including phenoxy) is 3. The van der Waals surface area contributed by atoms with Crippen LogP contribution >= 0.6 is 69.3 Å². The minimum atomic E-state index is -5.83. The van der Waals surface area contributed by atoms with Crippen LogP contribution in [0.3, 0.4) is 0 Å². The molecule has 0 fully saturated rings. The zero-order valence-corrected chi connectivity index (χ0v) is 32.0. The van der Waals surface area contributed by atoms with E-state index in [1.165, 1.54) is 0 Å². The van der Waals surface area contributed by atoms with Crippen LogP contribution in [0.25, 0.3) is 0 Å². The van der Waals surface area contributed by atoms with Crippen molar-refractivity contribution in [3.05, 3.63) is 91.0 Å². The van der Waals surface area contributed by atoms with Gasteiger partial charge in [-0.3, -0.25) is 4.79 Å². The fourth-order valence-electron chi connectivity index (χ4n) is 4.24. The molecule has 0 saturated carbocycles. The highest BCUT2D eigenvalue weighted by molar-refractivity contribution is 7.17. The Morgan fingerprint density at radius 3 is 1.85 bits per heavy atom. The third kappa shape index (κ3) is 14.1. The van der Waals surface area contributed by atoms with Gasteiger partial charge in [-0.1, -0.05) is 83.2 Å². The summed E-state index contributed by atoms with van der Waals surface area (Å²) < 4.78 is 76.2. The largest absolute Gasteiger partial charge is 0.489 e. The van der Waals surface area contributed by atoms with Crippen molar-refractivity contribution >= 4 is 91.8 Å². The third-order valence-corrected chi connectivity index (χ3v) is 8.46. The normalized spacial score (nSPS) is 11.6. The third-order valence-electron chi connectivity index (χ3n) is 6.45. The molecule has 0 aliphatic rings. The van der Waals surface area contributed by atoms with Crippen molar-refractivity contribution in [1.82, 2.24) is 4.98 Å². The van der Waals surface area contributed by atoms with Crippen LogP contribution in [-0.2, 0) is 22.6 Å². The van der Waals surface area contributed by atoms with Gasteiger partial charge in [0.25, 0.3) is 0 Å². The molecule has 1 aromatic heterocycles. The first-order valence-corrected chi connectivity index (χ1v) is 17.7. The van der Waals surface area contributed by atoms with Crippen molar-refractivity contribution in [2.45, 2.75) is 45.5 Å². The summed E-state index contributed by atoms with van der Waals surface area (Å²) in [5.74, 6) is -5.89. The van der Waals surface area contributed by atoms with Crippen molar-refractivity contribution in [2.24, 2.45) is 5.92 Å². The van der Waals surface area contributed by atoms with E-state index in [0.29, 0.717) is 81.7 Å². The van der Waals surface area contributed by atoms with Gasteiger partial charge in [0.15, 0.2) is 10.3 Å². The van der Waals surface area contributed by atoms with Crippen LogP contribution in [0.2, 0.25) is 25.2 Å². The minimum absolute atomic E-state index is 0.120. The molecule has 52 heavy (non-hydrogen) atoms. The lowest BCUT2D eigenvalue weighted by molar-refractivity contribution is -0.283. The standard InChI is InChI=1S/C26H28Cl4N2O2.C7H4ClF5N2O2S/c1-17(2)16-33-5-6-34-26-13-24(3-4-25(26)31)32(14-18-7-20(27)11-21(28)8-18)15-19-9-22(29)12-23(30)10-19;8-3-4(18-5(14)15-3)17-2(16)1-6(9,10)7(11,12)13/h3-4,7-13,17H,5-6,14-16,31H2,1-2H3;1H2,(H2,14,15). The van der Waals surface area contributed by atoms with Gasteiger partial charge in [-0.15, -0.1) is 0 Å². The lowest BCUT2D eigenvalue weighted by Gasteiger charge is -2.26. The molecule has 8 nitrogen and oxygen atoms in total. The zero-order chi connectivity index (χ0) is 38.8. The average Bonchev–Trinajstić information content (AvgIpc) is 3.31. The Morgan fingerprint density at radius 2 is 1.38 bits per heavy atom. The first-order valence-electron chi connectivity index (χ1n) is 15.0. The van der Waals surface area contributed by atoms with Gasteiger partial charge in [-0.2, -0.15) is 22.0 Å². The second kappa shape index (κ2) is 19.4. The topological polar surface area (TPSA) is 113 Å². The molecule has 0 radical (unpaired) electrons. The summed E-state index contributed by atoms with van der Waals surface area (Å²) in [4.78, 5) is 16.5. The van der Waals surface area contributed by atoms with Crippen molar-refractivity contribution in [2.75, 3.05) is 36.2 Å². The molecule has 0 bridgehead atoms. The highest BCUT2D eigenvalue weighted by Gasteiger charge is 2.58. The Bertz CT molecular complexity index is 1720. The number of thiazole rings is 1. The molecule has 4 aromatic rings. The number of anilines is 3. The number of alkyl halides is 5. The molecule has 1 heterocycles. The Balaban J connectivity index is 0.000000341. The second-order valence-electron chi connectivity index (χ2n) is 11.4. The van der Waals surface area contributed by atoms with E-state index in [9.17, 15) is 26.7 Å². The van der Waals surface area contributed by atoms with E-state index in [-0.39, 0.29) is 10.3 Å². The highest BCUT2D eigenvalue weighted by Crippen LogP contribution is 2.39. The Morgan fingerprint density at radius 1 is 0.846 bits per heavy atom. The number of rotatable bonds is 14. The van der Waals surface area contributed by atoms with Crippen LogP contribution < -0.4 is 25.8 Å². The van der Waals surface area contributed by atoms with E-state index >= 15 is 0 Å². The maximum atomic E-state index is 12.5. The van der Waals surface area contributed by atoms with Crippen LogP contribution in [0.1, 0.15) is 31.4 Å². The average molecular weight is 853 g/mol. The quantitative estimate of drug-likeness (QED) is 0.0558. The zero-order valence-electron chi connectivity index (χ0n) is 27.4. The van der Waals surface area contributed by atoms with Crippen molar-refractivity contribution in [3.63, 3.8) is 0 Å². The molecule has 4 N–H and O–H groups in total. The summed E-state index contributed by atoms with van der Waals surface area (Å²) in [6.07, 6.45) is -7.98. The van der Waals surface area contributed by atoms with Gasteiger partial charge < -0.3 is 30.6 Å². The van der Waals surface area contributed by atoms with Gasteiger partial charge in [0.05, 0.1) is 12.3 Å². The van der Waals surface area contributed by atoms with E-state index in [0.717, 1.165) is 16.8 Å². The second-order valence-corrected chi connectivity index (χ2v) is 14.5. The summed E-state index contributed by atoms with van der Waals surface area (Å²) in [5.41, 5.74) is 14.7. The molecule has 4 rings (SSSR count). The van der Waals surface area contributed by atoms with Gasteiger partial charge in [0.1, 0.15) is 18.8 Å². The number of hydrogen-bond donors (Lipinski definition) is 2. The number of aromatic nitrogens is 1. The van der Waals surface area contributed by atoms with E-state index < -0.39 is 29.6 Å². The molecule has 0 atom stereocenters. The Labute approximate surface area is 325 Å². The number of nitrogen functional groups attached to an aromatic ring is 2. The Kier molecular flexibility index (Phi) is 16.2. The van der Waals surface area contributed by atoms with Gasteiger partial charge >= 0.3 is 18.1 Å². The number of nitrogens with zero attached hydrogens (tertiary/aromatic N) is 2. The Hall–Kier alpha value is -2.98. The SMILES string of the molecule is CC(C)COCCOc1cc(N(Cc2cc(Cl)cc(Cl)c2)Cc2cc(Cl)cc(Cl)c2)ccc1N.Nc1nc(Cl)c(OC(=O)CC(F)(F)C(F)(F)F)s1. The van der Waals surface area contributed by atoms with Crippen LogP contribution in [0.5, 0.6) is 10.8 Å². The van der Waals surface area contributed by atoms with Crippen LogP contribution in [0, 0.1) is 5.92 Å². The molecule has 284 valence electrons. The van der Waals surface area contributed by atoms with Crippen molar-refractivity contribution in [3.8, 4) is 10.8 Å². The summed E-state index contributed by atoms with van der Waals surface area (Å²) in [6.45, 7) is 6.91. The fraction of sp³-hybridized carbons (Fsp3) is 0.333. The number of carbonyl (C=O) groups is 1. The van der Waals surface area contributed by atoms with Gasteiger partial charge in [-0.25, -0.2) is 4.98 Å². The monoisotopic (exact) mass is 850 g/mol.